The van der Waals surface area contributed by atoms with Crippen molar-refractivity contribution in [3.05, 3.63) is 46.0 Å². The predicted octanol–water partition coefficient (Wildman–Crippen LogP) is 3.04. The molecule has 0 saturated heterocycles. The third-order valence-corrected chi connectivity index (χ3v) is 4.14. The van der Waals surface area contributed by atoms with E-state index in [2.05, 4.69) is 11.2 Å². The van der Waals surface area contributed by atoms with Crippen LogP contribution in [0.2, 0.25) is 0 Å². The molecule has 6 heteroatoms. The Bertz CT molecular complexity index is 630. The number of thiocarbonyl (C=S) groups is 1. The molecule has 0 aromatic carbocycles. The highest BCUT2D eigenvalue weighted by Gasteiger charge is 2.32. The zero-order valence-electron chi connectivity index (χ0n) is 10.4. The molecule has 1 atom stereocenters. The van der Waals surface area contributed by atoms with Crippen LogP contribution in [0.25, 0.3) is 0 Å². The van der Waals surface area contributed by atoms with Gasteiger partial charge in [0.1, 0.15) is 17.6 Å². The summed E-state index contributed by atoms with van der Waals surface area (Å²) in [7, 11) is 0. The Hall–Kier alpha value is -1.66. The second-order valence-electron chi connectivity index (χ2n) is 4.38. The van der Waals surface area contributed by atoms with Gasteiger partial charge < -0.3 is 10.2 Å². The zero-order valence-corrected chi connectivity index (χ0v) is 12.0. The summed E-state index contributed by atoms with van der Waals surface area (Å²) in [6.07, 6.45) is 0.755. The van der Waals surface area contributed by atoms with Gasteiger partial charge in [-0.05, 0) is 42.7 Å². The molecule has 1 aliphatic rings. The molecule has 2 aromatic heterocycles. The standard InChI is InChI=1S/C13H13N3OS2/c1-8-4-5-11(17-8)10-7-9(12-3-2-6-19-12)15-16(10)13(14)18/h2-6,10H,7H2,1H3,(H2,14,18)/t10-/m0/s1. The van der Waals surface area contributed by atoms with Gasteiger partial charge in [-0.15, -0.1) is 11.3 Å². The number of hydrogen-bond donors (Lipinski definition) is 1. The maximum atomic E-state index is 5.76. The number of thiophene rings is 1. The van der Waals surface area contributed by atoms with E-state index in [1.165, 1.54) is 0 Å². The van der Waals surface area contributed by atoms with E-state index in [0.717, 1.165) is 28.5 Å². The summed E-state index contributed by atoms with van der Waals surface area (Å²) >= 11 is 6.74. The summed E-state index contributed by atoms with van der Waals surface area (Å²) in [5, 5.41) is 8.50. The topological polar surface area (TPSA) is 54.8 Å². The third kappa shape index (κ3) is 2.29. The van der Waals surface area contributed by atoms with Crippen LogP contribution in [0.15, 0.2) is 39.2 Å². The van der Waals surface area contributed by atoms with E-state index >= 15 is 0 Å². The summed E-state index contributed by atoms with van der Waals surface area (Å²) < 4.78 is 5.69. The molecule has 0 saturated carbocycles. The van der Waals surface area contributed by atoms with E-state index in [9.17, 15) is 0 Å². The largest absolute Gasteiger partial charge is 0.464 e. The van der Waals surface area contributed by atoms with Gasteiger partial charge in [-0.2, -0.15) is 5.10 Å². The molecule has 4 nitrogen and oxygen atoms in total. The summed E-state index contributed by atoms with van der Waals surface area (Å²) in [6.45, 7) is 1.92. The number of nitrogens with two attached hydrogens (primary N) is 1. The maximum Gasteiger partial charge on any atom is 0.187 e. The first-order chi connectivity index (χ1) is 9.15. The fraction of sp³-hybridized carbons (Fsp3) is 0.231. The number of furan rings is 1. The molecular formula is C13H13N3OS2. The van der Waals surface area contributed by atoms with E-state index in [1.807, 2.05) is 30.5 Å². The average molecular weight is 291 g/mol. The third-order valence-electron chi connectivity index (χ3n) is 3.03. The molecule has 1 aliphatic heterocycles. The van der Waals surface area contributed by atoms with Gasteiger partial charge in [0.05, 0.1) is 10.6 Å². The van der Waals surface area contributed by atoms with Crippen molar-refractivity contribution < 1.29 is 4.42 Å². The highest BCUT2D eigenvalue weighted by molar-refractivity contribution is 7.80. The lowest BCUT2D eigenvalue weighted by Gasteiger charge is -2.19. The van der Waals surface area contributed by atoms with Crippen molar-refractivity contribution in [2.24, 2.45) is 10.8 Å². The normalized spacial score (nSPS) is 18.7. The van der Waals surface area contributed by atoms with Crippen LogP contribution in [0.4, 0.5) is 0 Å². The lowest BCUT2D eigenvalue weighted by atomic mass is 10.1. The molecule has 0 unspecified atom stereocenters. The fourth-order valence-corrected chi connectivity index (χ4v) is 3.05. The molecule has 0 aliphatic carbocycles. The van der Waals surface area contributed by atoms with Crippen molar-refractivity contribution in [2.75, 3.05) is 0 Å². The quantitative estimate of drug-likeness (QED) is 0.864. The number of rotatable bonds is 2. The second kappa shape index (κ2) is 4.79. The molecular weight excluding hydrogens is 278 g/mol. The lowest BCUT2D eigenvalue weighted by Crippen LogP contribution is -2.31. The Kier molecular flexibility index (Phi) is 3.12. The van der Waals surface area contributed by atoms with E-state index < -0.39 is 0 Å². The highest BCUT2D eigenvalue weighted by atomic mass is 32.1. The van der Waals surface area contributed by atoms with Crippen molar-refractivity contribution in [3.63, 3.8) is 0 Å². The summed E-state index contributed by atoms with van der Waals surface area (Å²) in [5.74, 6) is 1.73. The Morgan fingerprint density at radius 1 is 1.53 bits per heavy atom. The van der Waals surface area contributed by atoms with Gasteiger partial charge in [0.2, 0.25) is 0 Å². The number of nitrogens with zero attached hydrogens (tertiary/aromatic N) is 2. The maximum absolute atomic E-state index is 5.76. The van der Waals surface area contributed by atoms with Gasteiger partial charge in [0, 0.05) is 6.42 Å². The molecule has 3 heterocycles. The Morgan fingerprint density at radius 3 is 2.95 bits per heavy atom. The van der Waals surface area contributed by atoms with Gasteiger partial charge in [0.15, 0.2) is 5.11 Å². The Balaban J connectivity index is 1.93. The molecule has 0 amide bonds. The van der Waals surface area contributed by atoms with Crippen molar-refractivity contribution in [3.8, 4) is 0 Å². The van der Waals surface area contributed by atoms with Crippen molar-refractivity contribution in [1.82, 2.24) is 5.01 Å². The highest BCUT2D eigenvalue weighted by Crippen LogP contribution is 2.34. The zero-order chi connectivity index (χ0) is 13.4. The summed E-state index contributed by atoms with van der Waals surface area (Å²) in [6, 6.07) is 7.92. The number of hydrogen-bond acceptors (Lipinski definition) is 4. The van der Waals surface area contributed by atoms with Crippen LogP contribution in [-0.4, -0.2) is 15.8 Å². The van der Waals surface area contributed by atoms with E-state index in [0.29, 0.717) is 0 Å². The van der Waals surface area contributed by atoms with Gasteiger partial charge >= 0.3 is 0 Å². The van der Waals surface area contributed by atoms with Crippen LogP contribution in [0.1, 0.15) is 28.9 Å². The van der Waals surface area contributed by atoms with Crippen molar-refractivity contribution >= 4 is 34.4 Å². The summed E-state index contributed by atoms with van der Waals surface area (Å²) in [5.41, 5.74) is 6.76. The molecule has 3 rings (SSSR count). The van der Waals surface area contributed by atoms with Crippen molar-refractivity contribution in [1.29, 1.82) is 0 Å². The van der Waals surface area contributed by atoms with E-state index in [1.54, 1.807) is 16.3 Å². The van der Waals surface area contributed by atoms with Crippen LogP contribution in [-0.2, 0) is 0 Å². The lowest BCUT2D eigenvalue weighted by molar-refractivity contribution is 0.311. The van der Waals surface area contributed by atoms with Gasteiger partial charge in [-0.25, -0.2) is 5.01 Å². The molecule has 0 spiro atoms. The minimum atomic E-state index is -0.0386. The molecule has 0 bridgehead atoms. The van der Waals surface area contributed by atoms with Crippen LogP contribution >= 0.6 is 23.6 Å². The molecule has 0 radical (unpaired) electrons. The average Bonchev–Trinajstić information content (AvgIpc) is 3.07. The first kappa shape index (κ1) is 12.4. The SMILES string of the molecule is Cc1ccc([C@@H]2CC(c3cccs3)=NN2C(N)=S)o1. The van der Waals surface area contributed by atoms with E-state index in [-0.39, 0.29) is 11.2 Å². The first-order valence-corrected chi connectivity index (χ1v) is 7.20. The molecule has 0 fully saturated rings. The molecule has 2 N–H and O–H groups in total. The summed E-state index contributed by atoms with van der Waals surface area (Å²) in [4.78, 5) is 1.15. The molecule has 2 aromatic rings. The smallest absolute Gasteiger partial charge is 0.187 e. The molecule has 98 valence electrons. The van der Waals surface area contributed by atoms with Crippen LogP contribution in [0, 0.1) is 6.92 Å². The van der Waals surface area contributed by atoms with Crippen LogP contribution in [0.5, 0.6) is 0 Å². The Morgan fingerprint density at radius 2 is 2.37 bits per heavy atom. The molecule has 19 heavy (non-hydrogen) atoms. The monoisotopic (exact) mass is 291 g/mol. The van der Waals surface area contributed by atoms with Crippen LogP contribution in [0.3, 0.4) is 0 Å². The number of hydrazone groups is 1. The van der Waals surface area contributed by atoms with Crippen molar-refractivity contribution in [2.45, 2.75) is 19.4 Å². The van der Waals surface area contributed by atoms with Gasteiger partial charge in [0.25, 0.3) is 0 Å². The van der Waals surface area contributed by atoms with Gasteiger partial charge in [-0.1, -0.05) is 6.07 Å². The fourth-order valence-electron chi connectivity index (χ4n) is 2.16. The predicted molar refractivity (Wildman–Crippen MR) is 80.3 cm³/mol. The first-order valence-electron chi connectivity index (χ1n) is 5.91. The Labute approximate surface area is 120 Å². The van der Waals surface area contributed by atoms with Crippen LogP contribution < -0.4 is 5.73 Å². The number of aryl methyl sites for hydroxylation is 1. The van der Waals surface area contributed by atoms with Gasteiger partial charge in [-0.3, -0.25) is 0 Å². The second-order valence-corrected chi connectivity index (χ2v) is 5.74. The van der Waals surface area contributed by atoms with E-state index in [4.69, 9.17) is 22.4 Å². The minimum Gasteiger partial charge on any atom is -0.464 e. The minimum absolute atomic E-state index is 0.0386.